The van der Waals surface area contributed by atoms with Crippen LogP contribution in [-0.2, 0) is 36.7 Å². The fourth-order valence-corrected chi connectivity index (χ4v) is 4.38. The number of rotatable bonds is 10. The topological polar surface area (TPSA) is 113 Å². The number of ether oxygens (including phenoxy) is 1. The Balaban J connectivity index is 2.10. The lowest BCUT2D eigenvalue weighted by atomic mass is 9.73. The van der Waals surface area contributed by atoms with Crippen molar-refractivity contribution in [2.24, 2.45) is 11.8 Å². The summed E-state index contributed by atoms with van der Waals surface area (Å²) in [5, 5.41) is 11.5. The zero-order chi connectivity index (χ0) is 29.4. The van der Waals surface area contributed by atoms with E-state index in [0.29, 0.717) is 11.6 Å². The van der Waals surface area contributed by atoms with Crippen molar-refractivity contribution in [2.45, 2.75) is 32.5 Å². The average Bonchev–Trinajstić information content (AvgIpc) is 2.91. The van der Waals surface area contributed by atoms with E-state index in [-0.39, 0.29) is 23.4 Å². The van der Waals surface area contributed by atoms with Gasteiger partial charge in [-0.2, -0.15) is 18.4 Å². The number of hydrogen-bond donors (Lipinski definition) is 1. The minimum Gasteiger partial charge on any atom is -0.460 e. The molecule has 0 saturated heterocycles. The first-order valence-electron chi connectivity index (χ1n) is 12.1. The minimum absolute atomic E-state index is 0.218. The Hall–Kier alpha value is -4.78. The van der Waals surface area contributed by atoms with Crippen LogP contribution in [0.2, 0.25) is 0 Å². The average molecular weight is 551 g/mol. The molecule has 0 aromatic heterocycles. The highest BCUT2D eigenvalue weighted by Crippen LogP contribution is 2.37. The number of benzene rings is 3. The van der Waals surface area contributed by atoms with Gasteiger partial charge >= 0.3 is 12.1 Å². The molecule has 0 saturated carbocycles. The number of nitrogens with zero attached hydrogens (tertiary/aromatic N) is 1. The largest absolute Gasteiger partial charge is 0.460 e. The predicted molar refractivity (Wildman–Crippen MR) is 139 cm³/mol. The number of carbonyl (C=O) groups excluding carboxylic acids is 4. The van der Waals surface area contributed by atoms with Gasteiger partial charge in [0.2, 0.25) is 5.91 Å². The molecule has 0 radical (unpaired) electrons. The number of alkyl halides is 3. The fourth-order valence-electron chi connectivity index (χ4n) is 4.38. The smallest absolute Gasteiger partial charge is 0.416 e. The minimum atomic E-state index is -4.69. The maximum Gasteiger partial charge on any atom is 0.416 e. The van der Waals surface area contributed by atoms with Crippen LogP contribution in [0.3, 0.4) is 0 Å². The second kappa shape index (κ2) is 12.8. The third-order valence-corrected chi connectivity index (χ3v) is 6.24. The standard InChI is InChI=1S/C30H25F3N2O5/c1-18(36)25(19(2)37)26(22-13-11-20(16-34)12-14-22)27(29(39)40-17-21-7-4-3-5-8-21)28(38)35-24-10-6-9-23(15-24)30(31,32)33/h3-15,25-27H,17H2,1-2H3,(H,35,38). The summed E-state index contributed by atoms with van der Waals surface area (Å²) in [6.07, 6.45) is -4.69. The van der Waals surface area contributed by atoms with Crippen molar-refractivity contribution in [3.63, 3.8) is 0 Å². The van der Waals surface area contributed by atoms with Crippen LogP contribution in [0.5, 0.6) is 0 Å². The summed E-state index contributed by atoms with van der Waals surface area (Å²) in [6, 6.07) is 19.9. The molecule has 2 unspecified atom stereocenters. The molecule has 0 aliphatic carbocycles. The molecule has 0 aliphatic rings. The van der Waals surface area contributed by atoms with E-state index < -0.39 is 52.9 Å². The van der Waals surface area contributed by atoms with Gasteiger partial charge in [0.1, 0.15) is 24.1 Å². The fraction of sp³-hybridized carbons (Fsp3) is 0.233. The molecule has 206 valence electrons. The number of halogens is 3. The van der Waals surface area contributed by atoms with Crippen LogP contribution < -0.4 is 5.32 Å². The lowest BCUT2D eigenvalue weighted by Crippen LogP contribution is -2.42. The highest BCUT2D eigenvalue weighted by molar-refractivity contribution is 6.08. The lowest BCUT2D eigenvalue weighted by Gasteiger charge is -2.30. The van der Waals surface area contributed by atoms with Crippen molar-refractivity contribution in [1.82, 2.24) is 0 Å². The van der Waals surface area contributed by atoms with Gasteiger partial charge in [0.15, 0.2) is 0 Å². The van der Waals surface area contributed by atoms with Crippen LogP contribution in [0, 0.1) is 23.2 Å². The van der Waals surface area contributed by atoms with Gasteiger partial charge in [-0.3, -0.25) is 19.2 Å². The highest BCUT2D eigenvalue weighted by Gasteiger charge is 2.45. The van der Waals surface area contributed by atoms with Crippen molar-refractivity contribution in [1.29, 1.82) is 5.26 Å². The van der Waals surface area contributed by atoms with Crippen molar-refractivity contribution in [3.05, 3.63) is 101 Å². The quantitative estimate of drug-likeness (QED) is 0.265. The van der Waals surface area contributed by atoms with Crippen molar-refractivity contribution in [2.75, 3.05) is 5.32 Å². The molecule has 2 atom stereocenters. The Morgan fingerprint density at radius 1 is 0.875 bits per heavy atom. The maximum absolute atomic E-state index is 13.6. The van der Waals surface area contributed by atoms with Gasteiger partial charge < -0.3 is 10.1 Å². The molecular formula is C30H25F3N2O5. The Bertz CT molecular complexity index is 1420. The number of amides is 1. The summed E-state index contributed by atoms with van der Waals surface area (Å²) in [5.74, 6) is -8.08. The van der Waals surface area contributed by atoms with Crippen LogP contribution >= 0.6 is 0 Å². The van der Waals surface area contributed by atoms with E-state index >= 15 is 0 Å². The molecule has 3 rings (SSSR count). The molecule has 0 fully saturated rings. The van der Waals surface area contributed by atoms with Gasteiger partial charge in [-0.1, -0.05) is 48.5 Å². The summed E-state index contributed by atoms with van der Waals surface area (Å²) < 4.78 is 45.2. The molecule has 3 aromatic carbocycles. The van der Waals surface area contributed by atoms with E-state index in [1.54, 1.807) is 30.3 Å². The number of esters is 1. The summed E-state index contributed by atoms with van der Waals surface area (Å²) in [5.41, 5.74) is -0.210. The molecule has 1 amide bonds. The molecule has 10 heteroatoms. The monoisotopic (exact) mass is 550 g/mol. The number of carbonyl (C=O) groups is 4. The van der Waals surface area contributed by atoms with E-state index in [1.807, 2.05) is 6.07 Å². The zero-order valence-corrected chi connectivity index (χ0v) is 21.6. The first-order valence-corrected chi connectivity index (χ1v) is 12.1. The second-order valence-corrected chi connectivity index (χ2v) is 9.10. The summed E-state index contributed by atoms with van der Waals surface area (Å²) in [6.45, 7) is 2.04. The molecule has 0 heterocycles. The van der Waals surface area contributed by atoms with Crippen LogP contribution in [0.25, 0.3) is 0 Å². The van der Waals surface area contributed by atoms with E-state index in [4.69, 9.17) is 4.74 Å². The zero-order valence-electron chi connectivity index (χ0n) is 21.6. The predicted octanol–water partition coefficient (Wildman–Crippen LogP) is 5.45. The highest BCUT2D eigenvalue weighted by atomic mass is 19.4. The van der Waals surface area contributed by atoms with Crippen molar-refractivity contribution >= 4 is 29.1 Å². The van der Waals surface area contributed by atoms with Gasteiger partial charge in [-0.15, -0.1) is 0 Å². The molecule has 7 nitrogen and oxygen atoms in total. The van der Waals surface area contributed by atoms with E-state index in [1.165, 1.54) is 30.3 Å². The van der Waals surface area contributed by atoms with Gasteiger partial charge in [-0.05, 0) is 55.3 Å². The molecule has 3 aromatic rings. The van der Waals surface area contributed by atoms with Crippen molar-refractivity contribution < 1.29 is 37.1 Å². The summed E-state index contributed by atoms with van der Waals surface area (Å²) >= 11 is 0. The summed E-state index contributed by atoms with van der Waals surface area (Å²) in [4.78, 5) is 52.5. The summed E-state index contributed by atoms with van der Waals surface area (Å²) in [7, 11) is 0. The van der Waals surface area contributed by atoms with Crippen LogP contribution in [0.15, 0.2) is 78.9 Å². The van der Waals surface area contributed by atoms with Crippen LogP contribution in [-0.4, -0.2) is 23.4 Å². The number of nitrogens with one attached hydrogen (secondary N) is 1. The third-order valence-electron chi connectivity index (χ3n) is 6.24. The van der Waals surface area contributed by atoms with Gasteiger partial charge in [0.25, 0.3) is 0 Å². The lowest BCUT2D eigenvalue weighted by molar-refractivity contribution is -0.154. The molecule has 0 bridgehead atoms. The molecule has 0 spiro atoms. The normalized spacial score (nSPS) is 12.6. The van der Waals surface area contributed by atoms with Crippen LogP contribution in [0.1, 0.15) is 42.0 Å². The Kier molecular flexibility index (Phi) is 9.56. The third kappa shape index (κ3) is 7.41. The number of nitriles is 1. The first kappa shape index (κ1) is 29.8. The molecule has 40 heavy (non-hydrogen) atoms. The Labute approximate surface area is 228 Å². The first-order chi connectivity index (χ1) is 18.9. The van der Waals surface area contributed by atoms with Gasteiger partial charge in [-0.25, -0.2) is 0 Å². The second-order valence-electron chi connectivity index (χ2n) is 9.10. The Morgan fingerprint density at radius 2 is 1.50 bits per heavy atom. The van der Waals surface area contributed by atoms with Gasteiger partial charge in [0.05, 0.1) is 23.1 Å². The SMILES string of the molecule is CC(=O)C(C(C)=O)C(c1ccc(C#N)cc1)C(C(=O)Nc1cccc(C(F)(F)F)c1)C(=O)OCc1ccccc1. The van der Waals surface area contributed by atoms with E-state index in [0.717, 1.165) is 26.0 Å². The number of ketones is 2. The molecular weight excluding hydrogens is 525 g/mol. The number of Topliss-reactive ketones (excluding diaryl/α,β-unsaturated/α-hetero) is 2. The van der Waals surface area contributed by atoms with E-state index in [2.05, 4.69) is 5.32 Å². The molecule has 1 N–H and O–H groups in total. The molecule has 0 aliphatic heterocycles. The van der Waals surface area contributed by atoms with Gasteiger partial charge in [0, 0.05) is 11.6 Å². The van der Waals surface area contributed by atoms with Crippen LogP contribution in [0.4, 0.5) is 18.9 Å². The van der Waals surface area contributed by atoms with E-state index in [9.17, 15) is 37.6 Å². The number of hydrogen-bond acceptors (Lipinski definition) is 6. The number of anilines is 1. The van der Waals surface area contributed by atoms with Crippen molar-refractivity contribution in [3.8, 4) is 6.07 Å². The Morgan fingerprint density at radius 3 is 2.05 bits per heavy atom. The maximum atomic E-state index is 13.6.